The van der Waals surface area contributed by atoms with Crippen LogP contribution < -0.4 is 5.32 Å². The first-order valence-electron chi connectivity index (χ1n) is 5.93. The lowest BCUT2D eigenvalue weighted by Crippen LogP contribution is -2.46. The number of aliphatic hydroxyl groups excluding tert-OH is 1. The van der Waals surface area contributed by atoms with Crippen LogP contribution in [0.5, 0.6) is 0 Å². The van der Waals surface area contributed by atoms with Crippen LogP contribution in [0.2, 0.25) is 0 Å². The van der Waals surface area contributed by atoms with E-state index in [9.17, 15) is 5.11 Å². The first-order chi connectivity index (χ1) is 7.81. The van der Waals surface area contributed by atoms with E-state index in [0.717, 1.165) is 26.2 Å². The monoisotopic (exact) mass is 256 g/mol. The summed E-state index contributed by atoms with van der Waals surface area (Å²) in [4.78, 5) is 2.35. The molecule has 0 saturated carbocycles. The summed E-state index contributed by atoms with van der Waals surface area (Å²) in [7, 11) is 0. The van der Waals surface area contributed by atoms with Crippen molar-refractivity contribution < 1.29 is 5.11 Å². The summed E-state index contributed by atoms with van der Waals surface area (Å²) in [5.41, 5.74) is 2.48. The quantitative estimate of drug-likeness (QED) is 0.857. The van der Waals surface area contributed by atoms with Crippen LogP contribution in [-0.4, -0.2) is 42.8 Å². The van der Waals surface area contributed by atoms with E-state index in [1.54, 1.807) is 0 Å². The van der Waals surface area contributed by atoms with Crippen LogP contribution in [0.4, 0.5) is 0 Å². The number of hydrogen-bond acceptors (Lipinski definition) is 3. The first kappa shape index (κ1) is 14.5. The lowest BCUT2D eigenvalue weighted by molar-refractivity contribution is 0.111. The molecule has 0 amide bonds. The van der Waals surface area contributed by atoms with E-state index in [1.807, 2.05) is 0 Å². The van der Waals surface area contributed by atoms with Crippen LogP contribution in [0.15, 0.2) is 24.3 Å². The van der Waals surface area contributed by atoms with Gasteiger partial charge in [-0.1, -0.05) is 29.8 Å². The SMILES string of the molecule is Cc1ccc([C@H](CO)N2CCNCC2)cc1.Cl. The van der Waals surface area contributed by atoms with Crippen molar-refractivity contribution in [1.29, 1.82) is 0 Å². The zero-order valence-electron chi connectivity index (χ0n) is 10.2. The van der Waals surface area contributed by atoms with Gasteiger partial charge in [-0.2, -0.15) is 0 Å². The molecule has 0 bridgehead atoms. The molecule has 1 aliphatic rings. The predicted molar refractivity (Wildman–Crippen MR) is 72.7 cm³/mol. The van der Waals surface area contributed by atoms with E-state index in [-0.39, 0.29) is 25.1 Å². The number of nitrogens with zero attached hydrogens (tertiary/aromatic N) is 1. The Morgan fingerprint density at radius 3 is 2.35 bits per heavy atom. The van der Waals surface area contributed by atoms with E-state index in [2.05, 4.69) is 41.4 Å². The maximum absolute atomic E-state index is 9.54. The molecule has 3 nitrogen and oxygen atoms in total. The molecule has 1 heterocycles. The summed E-state index contributed by atoms with van der Waals surface area (Å²) in [6.07, 6.45) is 0. The van der Waals surface area contributed by atoms with Crippen LogP contribution in [0.25, 0.3) is 0 Å². The second kappa shape index (κ2) is 6.97. The third-order valence-corrected chi connectivity index (χ3v) is 3.23. The molecule has 2 N–H and O–H groups in total. The van der Waals surface area contributed by atoms with E-state index < -0.39 is 0 Å². The summed E-state index contributed by atoms with van der Waals surface area (Å²) in [5.74, 6) is 0. The van der Waals surface area contributed by atoms with Gasteiger partial charge in [-0.25, -0.2) is 0 Å². The topological polar surface area (TPSA) is 35.5 Å². The molecule has 4 heteroatoms. The maximum atomic E-state index is 9.54. The predicted octanol–water partition coefficient (Wildman–Crippen LogP) is 1.36. The number of rotatable bonds is 3. The standard InChI is InChI=1S/C13H20N2O.ClH/c1-11-2-4-12(5-3-11)13(10-16)15-8-6-14-7-9-15;/h2-5,13-14,16H,6-10H2,1H3;1H/t13-;/m0./s1. The number of aliphatic hydroxyl groups is 1. The van der Waals surface area contributed by atoms with Crippen LogP contribution in [0.1, 0.15) is 17.2 Å². The second-order valence-corrected chi connectivity index (χ2v) is 4.40. The molecule has 1 aromatic carbocycles. The highest BCUT2D eigenvalue weighted by Gasteiger charge is 2.20. The van der Waals surface area contributed by atoms with Crippen molar-refractivity contribution in [2.75, 3.05) is 32.8 Å². The molecule has 1 atom stereocenters. The molecule has 1 aliphatic heterocycles. The van der Waals surface area contributed by atoms with Gasteiger partial charge in [0.1, 0.15) is 0 Å². The molecule has 0 aromatic heterocycles. The number of halogens is 1. The van der Waals surface area contributed by atoms with Gasteiger partial charge in [0.15, 0.2) is 0 Å². The fraction of sp³-hybridized carbons (Fsp3) is 0.538. The third-order valence-electron chi connectivity index (χ3n) is 3.23. The highest BCUT2D eigenvalue weighted by molar-refractivity contribution is 5.85. The summed E-state index contributed by atoms with van der Waals surface area (Å²) >= 11 is 0. The molecule has 0 radical (unpaired) electrons. The van der Waals surface area contributed by atoms with Crippen molar-refractivity contribution in [2.45, 2.75) is 13.0 Å². The highest BCUT2D eigenvalue weighted by Crippen LogP contribution is 2.20. The number of piperazine rings is 1. The van der Waals surface area contributed by atoms with Crippen LogP contribution in [0.3, 0.4) is 0 Å². The number of hydrogen-bond donors (Lipinski definition) is 2. The van der Waals surface area contributed by atoms with Gasteiger partial charge in [0.05, 0.1) is 12.6 Å². The Labute approximate surface area is 109 Å². The molecule has 1 fully saturated rings. The molecule has 0 unspecified atom stereocenters. The second-order valence-electron chi connectivity index (χ2n) is 4.40. The van der Waals surface area contributed by atoms with Gasteiger partial charge in [-0.05, 0) is 12.5 Å². The zero-order valence-corrected chi connectivity index (χ0v) is 11.0. The van der Waals surface area contributed by atoms with Crippen molar-refractivity contribution in [1.82, 2.24) is 10.2 Å². The van der Waals surface area contributed by atoms with Crippen LogP contribution in [0, 0.1) is 6.92 Å². The Kier molecular flexibility index (Phi) is 5.92. The van der Waals surface area contributed by atoms with Gasteiger partial charge >= 0.3 is 0 Å². The minimum Gasteiger partial charge on any atom is -0.394 e. The fourth-order valence-corrected chi connectivity index (χ4v) is 2.21. The number of aryl methyl sites for hydroxylation is 1. The number of benzene rings is 1. The number of nitrogens with one attached hydrogen (secondary N) is 1. The molecular weight excluding hydrogens is 236 g/mol. The van der Waals surface area contributed by atoms with Gasteiger partial charge in [-0.15, -0.1) is 12.4 Å². The Morgan fingerprint density at radius 1 is 1.24 bits per heavy atom. The normalized spacial score (nSPS) is 18.5. The average molecular weight is 257 g/mol. The fourth-order valence-electron chi connectivity index (χ4n) is 2.21. The Bertz CT molecular complexity index is 323. The molecule has 17 heavy (non-hydrogen) atoms. The smallest absolute Gasteiger partial charge is 0.0628 e. The third kappa shape index (κ3) is 3.68. The molecule has 0 aliphatic carbocycles. The van der Waals surface area contributed by atoms with E-state index >= 15 is 0 Å². The van der Waals surface area contributed by atoms with Gasteiger partial charge in [-0.3, -0.25) is 4.90 Å². The Hall–Kier alpha value is -0.610. The summed E-state index contributed by atoms with van der Waals surface area (Å²) < 4.78 is 0. The van der Waals surface area contributed by atoms with E-state index in [4.69, 9.17) is 0 Å². The first-order valence-corrected chi connectivity index (χ1v) is 5.93. The molecular formula is C13H21ClN2O. The summed E-state index contributed by atoms with van der Waals surface area (Å²) in [6, 6.07) is 8.62. The Morgan fingerprint density at radius 2 is 1.82 bits per heavy atom. The Balaban J connectivity index is 0.00000144. The largest absolute Gasteiger partial charge is 0.394 e. The van der Waals surface area contributed by atoms with Crippen LogP contribution in [-0.2, 0) is 0 Å². The highest BCUT2D eigenvalue weighted by atomic mass is 35.5. The summed E-state index contributed by atoms with van der Waals surface area (Å²) in [6.45, 7) is 6.34. The van der Waals surface area contributed by atoms with Gasteiger partial charge < -0.3 is 10.4 Å². The van der Waals surface area contributed by atoms with E-state index in [0.29, 0.717) is 0 Å². The zero-order chi connectivity index (χ0) is 11.4. The molecule has 1 saturated heterocycles. The van der Waals surface area contributed by atoms with Crippen molar-refractivity contribution in [3.8, 4) is 0 Å². The van der Waals surface area contributed by atoms with Crippen LogP contribution >= 0.6 is 12.4 Å². The minimum atomic E-state index is 0. The van der Waals surface area contributed by atoms with Crippen molar-refractivity contribution in [2.24, 2.45) is 0 Å². The summed E-state index contributed by atoms with van der Waals surface area (Å²) in [5, 5.41) is 12.9. The van der Waals surface area contributed by atoms with E-state index in [1.165, 1.54) is 11.1 Å². The van der Waals surface area contributed by atoms with Crippen molar-refractivity contribution in [3.63, 3.8) is 0 Å². The molecule has 1 aromatic rings. The van der Waals surface area contributed by atoms with Crippen molar-refractivity contribution >= 4 is 12.4 Å². The maximum Gasteiger partial charge on any atom is 0.0628 e. The van der Waals surface area contributed by atoms with Gasteiger partial charge in [0.2, 0.25) is 0 Å². The van der Waals surface area contributed by atoms with Gasteiger partial charge in [0, 0.05) is 26.2 Å². The minimum absolute atomic E-state index is 0. The van der Waals surface area contributed by atoms with Crippen molar-refractivity contribution in [3.05, 3.63) is 35.4 Å². The molecule has 96 valence electrons. The lowest BCUT2D eigenvalue weighted by Gasteiger charge is -2.34. The van der Waals surface area contributed by atoms with Gasteiger partial charge in [0.25, 0.3) is 0 Å². The molecule has 2 rings (SSSR count). The average Bonchev–Trinajstić information content (AvgIpc) is 2.34. The lowest BCUT2D eigenvalue weighted by atomic mass is 10.0. The molecule has 0 spiro atoms.